The first-order valence-corrected chi connectivity index (χ1v) is 4.56. The van der Waals surface area contributed by atoms with Gasteiger partial charge in [-0.3, -0.25) is 4.79 Å². The van der Waals surface area contributed by atoms with Crippen molar-refractivity contribution in [3.8, 4) is 5.75 Å². The second kappa shape index (κ2) is 5.34. The summed E-state index contributed by atoms with van der Waals surface area (Å²) in [5.74, 6) is -0.511. The van der Waals surface area contributed by atoms with Crippen molar-refractivity contribution < 1.29 is 18.7 Å². The van der Waals surface area contributed by atoms with Crippen LogP contribution in [0.5, 0.6) is 5.75 Å². The van der Waals surface area contributed by atoms with Gasteiger partial charge in [0.05, 0.1) is 14.2 Å². The van der Waals surface area contributed by atoms with Gasteiger partial charge >= 0.3 is 5.97 Å². The van der Waals surface area contributed by atoms with E-state index in [2.05, 4.69) is 4.74 Å². The molecule has 0 unspecified atom stereocenters. The first-order chi connectivity index (χ1) is 7.17. The molecule has 15 heavy (non-hydrogen) atoms. The van der Waals surface area contributed by atoms with Crippen LogP contribution in [-0.2, 0) is 16.0 Å². The topological polar surface area (TPSA) is 35.5 Å². The first kappa shape index (κ1) is 11.5. The number of hydrogen-bond acceptors (Lipinski definition) is 3. The van der Waals surface area contributed by atoms with Crippen LogP contribution in [0.1, 0.15) is 12.0 Å². The number of halogens is 1. The van der Waals surface area contributed by atoms with E-state index in [0.29, 0.717) is 6.42 Å². The second-order valence-electron chi connectivity index (χ2n) is 3.05. The minimum absolute atomic E-state index is 0.205. The van der Waals surface area contributed by atoms with Crippen molar-refractivity contribution in [3.63, 3.8) is 0 Å². The van der Waals surface area contributed by atoms with Crippen molar-refractivity contribution in [2.45, 2.75) is 12.8 Å². The van der Waals surface area contributed by atoms with Gasteiger partial charge < -0.3 is 9.47 Å². The SMILES string of the molecule is COC(=O)CCc1ccc(OC)c(F)c1. The summed E-state index contributed by atoms with van der Waals surface area (Å²) in [5, 5.41) is 0. The fraction of sp³-hybridized carbons (Fsp3) is 0.364. The van der Waals surface area contributed by atoms with Gasteiger partial charge in [-0.2, -0.15) is 0 Å². The molecule has 0 heterocycles. The molecule has 0 aliphatic heterocycles. The number of rotatable bonds is 4. The molecule has 0 saturated heterocycles. The summed E-state index contributed by atoms with van der Waals surface area (Å²) < 4.78 is 22.5. The molecule has 1 rings (SSSR count). The Balaban J connectivity index is 2.63. The quantitative estimate of drug-likeness (QED) is 0.715. The molecule has 4 heteroatoms. The van der Waals surface area contributed by atoms with Gasteiger partial charge in [0.15, 0.2) is 11.6 Å². The zero-order valence-electron chi connectivity index (χ0n) is 8.75. The van der Waals surface area contributed by atoms with Crippen molar-refractivity contribution in [1.82, 2.24) is 0 Å². The minimum atomic E-state index is -0.417. The fourth-order valence-electron chi connectivity index (χ4n) is 1.21. The Bertz CT molecular complexity index is 350. The Kier molecular flexibility index (Phi) is 4.09. The molecule has 0 aliphatic carbocycles. The molecule has 0 N–H and O–H groups in total. The Hall–Kier alpha value is -1.58. The number of esters is 1. The fourth-order valence-corrected chi connectivity index (χ4v) is 1.21. The molecule has 0 atom stereocenters. The number of methoxy groups -OCH3 is 2. The number of aryl methyl sites for hydroxylation is 1. The smallest absolute Gasteiger partial charge is 0.305 e. The first-order valence-electron chi connectivity index (χ1n) is 4.56. The highest BCUT2D eigenvalue weighted by Gasteiger charge is 2.05. The van der Waals surface area contributed by atoms with E-state index < -0.39 is 5.82 Å². The summed E-state index contributed by atoms with van der Waals surface area (Å²) in [5.41, 5.74) is 0.749. The highest BCUT2D eigenvalue weighted by Crippen LogP contribution is 2.18. The predicted octanol–water partition coefficient (Wildman–Crippen LogP) is 1.94. The van der Waals surface area contributed by atoms with Crippen LogP contribution < -0.4 is 4.74 Å². The molecule has 0 saturated carbocycles. The van der Waals surface area contributed by atoms with Crippen LogP contribution in [0.3, 0.4) is 0 Å². The van der Waals surface area contributed by atoms with Gasteiger partial charge in [0.2, 0.25) is 0 Å². The van der Waals surface area contributed by atoms with E-state index in [-0.39, 0.29) is 18.1 Å². The van der Waals surface area contributed by atoms with Crippen molar-refractivity contribution in [2.24, 2.45) is 0 Å². The molecular formula is C11H13FO3. The predicted molar refractivity (Wildman–Crippen MR) is 53.3 cm³/mol. The summed E-state index contributed by atoms with van der Waals surface area (Å²) in [6, 6.07) is 4.63. The summed E-state index contributed by atoms with van der Waals surface area (Å²) in [6.45, 7) is 0. The summed E-state index contributed by atoms with van der Waals surface area (Å²) in [6.07, 6.45) is 0.718. The average Bonchev–Trinajstić information content (AvgIpc) is 2.26. The molecule has 0 bridgehead atoms. The number of carbonyl (C=O) groups excluding carboxylic acids is 1. The lowest BCUT2D eigenvalue weighted by Crippen LogP contribution is -2.02. The van der Waals surface area contributed by atoms with Gasteiger partial charge in [0.25, 0.3) is 0 Å². The van der Waals surface area contributed by atoms with Gasteiger partial charge in [0.1, 0.15) is 0 Å². The highest BCUT2D eigenvalue weighted by molar-refractivity contribution is 5.69. The van der Waals surface area contributed by atoms with Crippen LogP contribution in [0.15, 0.2) is 18.2 Å². The van der Waals surface area contributed by atoms with E-state index in [1.165, 1.54) is 20.3 Å². The summed E-state index contributed by atoms with van der Waals surface area (Å²) in [7, 11) is 2.74. The number of hydrogen-bond donors (Lipinski definition) is 0. The zero-order chi connectivity index (χ0) is 11.3. The molecule has 1 aromatic carbocycles. The van der Waals surface area contributed by atoms with Crippen LogP contribution in [-0.4, -0.2) is 20.2 Å². The van der Waals surface area contributed by atoms with E-state index in [1.54, 1.807) is 12.1 Å². The second-order valence-corrected chi connectivity index (χ2v) is 3.05. The maximum atomic E-state index is 13.2. The largest absolute Gasteiger partial charge is 0.494 e. The molecule has 3 nitrogen and oxygen atoms in total. The maximum Gasteiger partial charge on any atom is 0.305 e. The molecule has 1 aromatic rings. The molecular weight excluding hydrogens is 199 g/mol. The molecule has 82 valence electrons. The Morgan fingerprint density at radius 3 is 2.67 bits per heavy atom. The van der Waals surface area contributed by atoms with E-state index in [0.717, 1.165) is 5.56 Å². The lowest BCUT2D eigenvalue weighted by Gasteiger charge is -2.04. The average molecular weight is 212 g/mol. The van der Waals surface area contributed by atoms with Crippen molar-refractivity contribution in [1.29, 1.82) is 0 Å². The Morgan fingerprint density at radius 1 is 1.40 bits per heavy atom. The maximum absolute atomic E-state index is 13.2. The molecule has 0 radical (unpaired) electrons. The van der Waals surface area contributed by atoms with Crippen LogP contribution >= 0.6 is 0 Å². The standard InChI is InChI=1S/C11H13FO3/c1-14-10-5-3-8(7-9(10)12)4-6-11(13)15-2/h3,5,7H,4,6H2,1-2H3. The van der Waals surface area contributed by atoms with Gasteiger partial charge in [-0.25, -0.2) is 4.39 Å². The lowest BCUT2D eigenvalue weighted by atomic mass is 10.1. The van der Waals surface area contributed by atoms with Crippen LogP contribution in [0, 0.1) is 5.82 Å². The third-order valence-corrected chi connectivity index (χ3v) is 2.06. The van der Waals surface area contributed by atoms with Crippen LogP contribution in [0.4, 0.5) is 4.39 Å². The Morgan fingerprint density at radius 2 is 2.13 bits per heavy atom. The van der Waals surface area contributed by atoms with Crippen molar-refractivity contribution in [2.75, 3.05) is 14.2 Å². The summed E-state index contributed by atoms with van der Waals surface area (Å²) in [4.78, 5) is 10.9. The molecule has 0 spiro atoms. The number of ether oxygens (including phenoxy) is 2. The number of benzene rings is 1. The molecule has 0 fully saturated rings. The van der Waals surface area contributed by atoms with E-state index in [4.69, 9.17) is 4.74 Å². The van der Waals surface area contributed by atoms with Crippen molar-refractivity contribution in [3.05, 3.63) is 29.6 Å². The van der Waals surface area contributed by atoms with Crippen LogP contribution in [0.2, 0.25) is 0 Å². The molecule has 0 aromatic heterocycles. The number of carbonyl (C=O) groups is 1. The third-order valence-electron chi connectivity index (χ3n) is 2.06. The minimum Gasteiger partial charge on any atom is -0.494 e. The monoisotopic (exact) mass is 212 g/mol. The zero-order valence-corrected chi connectivity index (χ0v) is 8.75. The molecule has 0 amide bonds. The van der Waals surface area contributed by atoms with E-state index in [9.17, 15) is 9.18 Å². The van der Waals surface area contributed by atoms with Crippen LogP contribution in [0.25, 0.3) is 0 Å². The molecule has 0 aliphatic rings. The van der Waals surface area contributed by atoms with Gasteiger partial charge in [0, 0.05) is 6.42 Å². The summed E-state index contributed by atoms with van der Waals surface area (Å²) >= 11 is 0. The van der Waals surface area contributed by atoms with Crippen molar-refractivity contribution >= 4 is 5.97 Å². The van der Waals surface area contributed by atoms with E-state index in [1.807, 2.05) is 0 Å². The third kappa shape index (κ3) is 3.23. The normalized spacial score (nSPS) is 9.80. The van der Waals surface area contributed by atoms with Gasteiger partial charge in [-0.15, -0.1) is 0 Å². The Labute approximate surface area is 87.8 Å². The highest BCUT2D eigenvalue weighted by atomic mass is 19.1. The van der Waals surface area contributed by atoms with E-state index >= 15 is 0 Å². The van der Waals surface area contributed by atoms with Gasteiger partial charge in [-0.05, 0) is 24.1 Å². The lowest BCUT2D eigenvalue weighted by molar-refractivity contribution is -0.140. The van der Waals surface area contributed by atoms with Gasteiger partial charge in [-0.1, -0.05) is 6.07 Å².